The van der Waals surface area contributed by atoms with Crippen LogP contribution in [0.2, 0.25) is 5.02 Å². The van der Waals surface area contributed by atoms with Crippen LogP contribution in [0.1, 0.15) is 11.1 Å². The predicted octanol–water partition coefficient (Wildman–Crippen LogP) is 3.69. The number of anilines is 1. The van der Waals surface area contributed by atoms with Crippen molar-refractivity contribution in [2.45, 2.75) is 18.7 Å². The van der Waals surface area contributed by atoms with Crippen LogP contribution in [-0.2, 0) is 10.0 Å². The van der Waals surface area contributed by atoms with E-state index in [0.717, 1.165) is 10.4 Å². The number of halogens is 1. The molecule has 0 aliphatic heterocycles. The van der Waals surface area contributed by atoms with Crippen LogP contribution in [0.25, 0.3) is 0 Å². The molecule has 23 heavy (non-hydrogen) atoms. The van der Waals surface area contributed by atoms with Gasteiger partial charge in [-0.25, -0.2) is 8.42 Å². The van der Waals surface area contributed by atoms with Gasteiger partial charge in [-0.05, 0) is 43.2 Å². The van der Waals surface area contributed by atoms with E-state index in [4.69, 9.17) is 11.6 Å². The molecule has 6 nitrogen and oxygen atoms in total. The minimum atomic E-state index is -3.93. The molecule has 2 aromatic carbocycles. The number of hydrogen-bond acceptors (Lipinski definition) is 4. The fraction of sp³-hybridized carbons (Fsp3) is 0.200. The van der Waals surface area contributed by atoms with Gasteiger partial charge >= 0.3 is 0 Å². The minimum absolute atomic E-state index is 0.0939. The summed E-state index contributed by atoms with van der Waals surface area (Å²) in [4.78, 5) is 10.2. The number of nitrogens with zero attached hydrogens (tertiary/aromatic N) is 2. The summed E-state index contributed by atoms with van der Waals surface area (Å²) in [5.74, 6) is 0. The zero-order valence-corrected chi connectivity index (χ0v) is 14.4. The van der Waals surface area contributed by atoms with E-state index in [2.05, 4.69) is 0 Å². The van der Waals surface area contributed by atoms with Crippen molar-refractivity contribution in [3.63, 3.8) is 0 Å². The van der Waals surface area contributed by atoms with Gasteiger partial charge in [-0.1, -0.05) is 17.7 Å². The first-order valence-corrected chi connectivity index (χ1v) is 8.46. The van der Waals surface area contributed by atoms with Crippen molar-refractivity contribution < 1.29 is 13.3 Å². The highest BCUT2D eigenvalue weighted by atomic mass is 35.5. The fourth-order valence-electron chi connectivity index (χ4n) is 2.23. The molecular formula is C15H15ClN2O4S. The standard InChI is InChI=1S/C15H15ClN2O4S/c1-10-4-6-13(18(19)20)9-15(10)23(21,22)17(3)14-7-5-12(16)8-11(14)2/h4-9H,1-3H3. The normalized spacial score (nSPS) is 11.3. The lowest BCUT2D eigenvalue weighted by Gasteiger charge is -2.22. The third-order valence-electron chi connectivity index (χ3n) is 3.52. The summed E-state index contributed by atoms with van der Waals surface area (Å²) in [5, 5.41) is 11.4. The molecule has 0 amide bonds. The van der Waals surface area contributed by atoms with Gasteiger partial charge < -0.3 is 0 Å². The molecule has 0 aliphatic rings. The Balaban J connectivity index is 2.57. The van der Waals surface area contributed by atoms with E-state index in [-0.39, 0.29) is 10.6 Å². The molecule has 8 heteroatoms. The quantitative estimate of drug-likeness (QED) is 0.619. The van der Waals surface area contributed by atoms with Crippen molar-refractivity contribution in [1.82, 2.24) is 0 Å². The molecule has 0 bridgehead atoms. The maximum Gasteiger partial charge on any atom is 0.270 e. The van der Waals surface area contributed by atoms with Gasteiger partial charge in [0.05, 0.1) is 15.5 Å². The summed E-state index contributed by atoms with van der Waals surface area (Å²) < 4.78 is 26.8. The van der Waals surface area contributed by atoms with E-state index in [0.29, 0.717) is 21.8 Å². The molecule has 0 spiro atoms. The van der Waals surface area contributed by atoms with E-state index < -0.39 is 14.9 Å². The van der Waals surface area contributed by atoms with Gasteiger partial charge in [0.2, 0.25) is 0 Å². The highest BCUT2D eigenvalue weighted by Crippen LogP contribution is 2.30. The lowest BCUT2D eigenvalue weighted by Crippen LogP contribution is -2.27. The first-order chi connectivity index (χ1) is 10.6. The molecule has 0 atom stereocenters. The van der Waals surface area contributed by atoms with Gasteiger partial charge in [-0.15, -0.1) is 0 Å². The highest BCUT2D eigenvalue weighted by Gasteiger charge is 2.26. The van der Waals surface area contributed by atoms with E-state index >= 15 is 0 Å². The van der Waals surface area contributed by atoms with Crippen LogP contribution in [0.4, 0.5) is 11.4 Å². The number of nitro groups is 1. The SMILES string of the molecule is Cc1cc(Cl)ccc1N(C)S(=O)(=O)c1cc([N+](=O)[O-])ccc1C. The molecule has 0 saturated carbocycles. The molecule has 0 N–H and O–H groups in total. The summed E-state index contributed by atoms with van der Waals surface area (Å²) in [7, 11) is -2.52. The van der Waals surface area contributed by atoms with Crippen molar-refractivity contribution >= 4 is 33.0 Å². The highest BCUT2D eigenvalue weighted by molar-refractivity contribution is 7.92. The van der Waals surface area contributed by atoms with E-state index in [1.54, 1.807) is 32.0 Å². The Bertz CT molecular complexity index is 881. The predicted molar refractivity (Wildman–Crippen MR) is 89.6 cm³/mol. The maximum absolute atomic E-state index is 12.8. The summed E-state index contributed by atoms with van der Waals surface area (Å²) in [6.45, 7) is 3.34. The molecule has 0 aliphatic carbocycles. The third-order valence-corrected chi connectivity index (χ3v) is 5.67. The summed E-state index contributed by atoms with van der Waals surface area (Å²) in [6, 6.07) is 8.63. The van der Waals surface area contributed by atoms with Crippen molar-refractivity contribution in [2.24, 2.45) is 0 Å². The zero-order chi connectivity index (χ0) is 17.4. The Labute approximate surface area is 139 Å². The lowest BCUT2D eigenvalue weighted by atomic mass is 10.2. The average Bonchev–Trinajstić information content (AvgIpc) is 2.46. The largest absolute Gasteiger partial charge is 0.270 e. The van der Waals surface area contributed by atoms with Gasteiger partial charge in [0.15, 0.2) is 0 Å². The van der Waals surface area contributed by atoms with Crippen molar-refractivity contribution in [3.8, 4) is 0 Å². The van der Waals surface area contributed by atoms with Crippen LogP contribution >= 0.6 is 11.6 Å². The monoisotopic (exact) mass is 354 g/mol. The molecule has 0 heterocycles. The molecular weight excluding hydrogens is 340 g/mol. The van der Waals surface area contributed by atoms with Gasteiger partial charge in [0.1, 0.15) is 0 Å². The van der Waals surface area contributed by atoms with Crippen LogP contribution in [0.15, 0.2) is 41.3 Å². The number of nitro benzene ring substituents is 1. The zero-order valence-electron chi connectivity index (χ0n) is 12.8. The Morgan fingerprint density at radius 3 is 2.30 bits per heavy atom. The molecule has 0 unspecified atom stereocenters. The number of aryl methyl sites for hydroxylation is 2. The Hall–Kier alpha value is -2.12. The Morgan fingerprint density at radius 2 is 1.74 bits per heavy atom. The second-order valence-corrected chi connectivity index (χ2v) is 7.48. The second kappa shape index (κ2) is 6.17. The molecule has 0 aromatic heterocycles. The fourth-order valence-corrected chi connectivity index (χ4v) is 3.96. The number of benzene rings is 2. The maximum atomic E-state index is 12.8. The average molecular weight is 355 g/mol. The van der Waals surface area contributed by atoms with Crippen LogP contribution in [-0.4, -0.2) is 20.4 Å². The van der Waals surface area contributed by atoms with Gasteiger partial charge in [-0.3, -0.25) is 14.4 Å². The first-order valence-electron chi connectivity index (χ1n) is 6.64. The van der Waals surface area contributed by atoms with Crippen molar-refractivity contribution in [3.05, 3.63) is 62.7 Å². The number of non-ortho nitro benzene ring substituents is 1. The van der Waals surface area contributed by atoms with E-state index in [9.17, 15) is 18.5 Å². The number of hydrogen-bond donors (Lipinski definition) is 0. The van der Waals surface area contributed by atoms with Crippen LogP contribution < -0.4 is 4.31 Å². The Morgan fingerprint density at radius 1 is 1.09 bits per heavy atom. The van der Waals surface area contributed by atoms with Crippen molar-refractivity contribution in [1.29, 1.82) is 0 Å². The molecule has 2 aromatic rings. The first kappa shape index (κ1) is 17.2. The molecule has 0 radical (unpaired) electrons. The van der Waals surface area contributed by atoms with E-state index in [1.807, 2.05) is 0 Å². The molecule has 0 fully saturated rings. The van der Waals surface area contributed by atoms with Gasteiger partial charge in [0, 0.05) is 24.2 Å². The number of rotatable bonds is 4. The van der Waals surface area contributed by atoms with Crippen LogP contribution in [0.3, 0.4) is 0 Å². The second-order valence-electron chi connectivity index (χ2n) is 5.11. The van der Waals surface area contributed by atoms with Crippen LogP contribution in [0.5, 0.6) is 0 Å². The topological polar surface area (TPSA) is 80.5 Å². The van der Waals surface area contributed by atoms with Gasteiger partial charge in [-0.2, -0.15) is 0 Å². The summed E-state index contributed by atoms with van der Waals surface area (Å²) in [6.07, 6.45) is 0. The minimum Gasteiger partial charge on any atom is -0.269 e. The Kier molecular flexibility index (Phi) is 4.63. The summed E-state index contributed by atoms with van der Waals surface area (Å²) >= 11 is 5.89. The molecule has 122 valence electrons. The molecule has 0 saturated heterocycles. The summed E-state index contributed by atoms with van der Waals surface area (Å²) in [5.41, 5.74) is 1.32. The van der Waals surface area contributed by atoms with Crippen molar-refractivity contribution in [2.75, 3.05) is 11.4 Å². The lowest BCUT2D eigenvalue weighted by molar-refractivity contribution is -0.385. The molecule has 2 rings (SSSR count). The van der Waals surface area contributed by atoms with E-state index in [1.165, 1.54) is 19.2 Å². The van der Waals surface area contributed by atoms with Crippen LogP contribution in [0, 0.1) is 24.0 Å². The van der Waals surface area contributed by atoms with Gasteiger partial charge in [0.25, 0.3) is 15.7 Å². The smallest absolute Gasteiger partial charge is 0.269 e. The number of sulfonamides is 1. The third kappa shape index (κ3) is 3.30.